The Labute approximate surface area is 127 Å². The monoisotopic (exact) mass is 298 g/mol. The van der Waals surface area contributed by atoms with Gasteiger partial charge in [-0.3, -0.25) is 5.41 Å². The van der Waals surface area contributed by atoms with Gasteiger partial charge >= 0.3 is 0 Å². The quantitative estimate of drug-likeness (QED) is 0.872. The molecule has 2 atom stereocenters. The topological polar surface area (TPSA) is 107 Å². The van der Waals surface area contributed by atoms with Crippen LogP contribution in [0.25, 0.3) is 0 Å². The summed E-state index contributed by atoms with van der Waals surface area (Å²) in [7, 11) is 1.59. The molecule has 0 amide bonds. The third-order valence-electron chi connectivity index (χ3n) is 3.45. The molecule has 1 aromatic rings. The lowest BCUT2D eigenvalue weighted by Crippen LogP contribution is -2.26. The van der Waals surface area contributed by atoms with Crippen molar-refractivity contribution < 1.29 is 4.74 Å². The van der Waals surface area contributed by atoms with Crippen LogP contribution in [0.4, 0.5) is 0 Å². The number of hydrogen-bond donors (Lipinski definition) is 2. The average Bonchev–Trinajstić information content (AvgIpc) is 2.46. The summed E-state index contributed by atoms with van der Waals surface area (Å²) in [5.41, 5.74) is 7.92. The van der Waals surface area contributed by atoms with Crippen molar-refractivity contribution in [2.24, 2.45) is 11.7 Å². The molecule has 1 aromatic carbocycles. The number of allylic oxidation sites excluding steroid dienone is 1. The fourth-order valence-corrected chi connectivity index (χ4v) is 3.26. The molecule has 0 saturated carbocycles. The van der Waals surface area contributed by atoms with Crippen molar-refractivity contribution >= 4 is 16.8 Å². The highest BCUT2D eigenvalue weighted by atomic mass is 32.2. The number of thioether (sulfide) groups is 1. The van der Waals surface area contributed by atoms with Crippen LogP contribution in [0, 0.1) is 40.9 Å². The first-order valence-electron chi connectivity index (χ1n) is 6.23. The van der Waals surface area contributed by atoms with Crippen molar-refractivity contribution in [1.29, 1.82) is 15.9 Å². The first-order chi connectivity index (χ1) is 10.0. The molecule has 21 heavy (non-hydrogen) atoms. The number of nitrogens with one attached hydrogen (secondary N) is 1. The molecule has 3 N–H and O–H groups in total. The lowest BCUT2D eigenvalue weighted by Gasteiger charge is -2.28. The predicted octanol–water partition coefficient (Wildman–Crippen LogP) is 2.64. The molecular weight excluding hydrogens is 284 g/mol. The van der Waals surface area contributed by atoms with Crippen LogP contribution < -0.4 is 10.5 Å². The summed E-state index contributed by atoms with van der Waals surface area (Å²) in [5.74, 6) is -0.453. The van der Waals surface area contributed by atoms with Gasteiger partial charge in [-0.25, -0.2) is 0 Å². The van der Waals surface area contributed by atoms with E-state index in [9.17, 15) is 10.5 Å². The summed E-state index contributed by atoms with van der Waals surface area (Å²) in [4.78, 5) is 0. The number of ether oxygens (including phenoxy) is 1. The second-order valence-electron chi connectivity index (χ2n) is 4.67. The van der Waals surface area contributed by atoms with E-state index in [0.29, 0.717) is 10.6 Å². The van der Waals surface area contributed by atoms with Gasteiger partial charge in [-0.05, 0) is 24.1 Å². The van der Waals surface area contributed by atoms with Crippen LogP contribution in [-0.2, 0) is 0 Å². The molecule has 0 saturated heterocycles. The van der Waals surface area contributed by atoms with Gasteiger partial charge in [0.15, 0.2) is 0 Å². The number of hydrogen-bond acceptors (Lipinski definition) is 6. The summed E-state index contributed by atoms with van der Waals surface area (Å²) in [6.45, 7) is 1.89. The van der Waals surface area contributed by atoms with Crippen molar-refractivity contribution in [1.82, 2.24) is 0 Å². The van der Waals surface area contributed by atoms with Gasteiger partial charge in [-0.2, -0.15) is 10.5 Å². The zero-order valence-corrected chi connectivity index (χ0v) is 12.5. The summed E-state index contributed by atoms with van der Waals surface area (Å²) in [5, 5.41) is 27.1. The fraction of sp³-hybridized carbons (Fsp3) is 0.267. The van der Waals surface area contributed by atoms with E-state index < -0.39 is 11.8 Å². The molecule has 6 heteroatoms. The van der Waals surface area contributed by atoms with Crippen LogP contribution in [0.15, 0.2) is 28.8 Å². The molecule has 1 aliphatic heterocycles. The normalized spacial score (nSPS) is 21.6. The Hall–Kier alpha value is -2.44. The van der Waals surface area contributed by atoms with Gasteiger partial charge in [0.2, 0.25) is 0 Å². The summed E-state index contributed by atoms with van der Waals surface area (Å²) >= 11 is 0.988. The van der Waals surface area contributed by atoms with Crippen LogP contribution in [0.3, 0.4) is 0 Å². The van der Waals surface area contributed by atoms with Crippen molar-refractivity contribution in [3.8, 4) is 17.9 Å². The third kappa shape index (κ3) is 2.58. The van der Waals surface area contributed by atoms with Crippen molar-refractivity contribution in [2.75, 3.05) is 7.11 Å². The Bertz CT molecular complexity index is 711. The minimum absolute atomic E-state index is 0.174. The molecule has 0 fully saturated rings. The number of nitriles is 2. The van der Waals surface area contributed by atoms with Gasteiger partial charge in [0.1, 0.15) is 11.7 Å². The van der Waals surface area contributed by atoms with E-state index in [1.165, 1.54) is 0 Å². The highest BCUT2D eigenvalue weighted by Crippen LogP contribution is 2.43. The highest BCUT2D eigenvalue weighted by Gasteiger charge is 2.37. The molecule has 1 heterocycles. The molecule has 0 unspecified atom stereocenters. The Morgan fingerprint density at radius 2 is 2.10 bits per heavy atom. The maximum absolute atomic E-state index is 9.36. The molecule has 0 radical (unpaired) electrons. The Morgan fingerprint density at radius 1 is 1.38 bits per heavy atom. The Morgan fingerprint density at radius 3 is 2.62 bits per heavy atom. The molecular formula is C15H14N4OS. The summed E-state index contributed by atoms with van der Waals surface area (Å²) < 4.78 is 5.22. The maximum Gasteiger partial charge on any atom is 0.121 e. The maximum atomic E-state index is 9.36. The van der Waals surface area contributed by atoms with Crippen molar-refractivity contribution in [3.63, 3.8) is 0 Å². The number of aryl methyl sites for hydroxylation is 1. The van der Waals surface area contributed by atoms with Gasteiger partial charge < -0.3 is 10.5 Å². The van der Waals surface area contributed by atoms with Gasteiger partial charge in [0.05, 0.1) is 34.9 Å². The number of nitrogens with two attached hydrogens (primary N) is 1. The van der Waals surface area contributed by atoms with E-state index >= 15 is 0 Å². The Kier molecular flexibility index (Phi) is 4.21. The van der Waals surface area contributed by atoms with Gasteiger partial charge in [-0.15, -0.1) is 0 Å². The zero-order chi connectivity index (χ0) is 15.6. The first-order valence-corrected chi connectivity index (χ1v) is 7.05. The van der Waals surface area contributed by atoms with E-state index in [-0.39, 0.29) is 5.04 Å². The van der Waals surface area contributed by atoms with E-state index in [2.05, 4.69) is 12.1 Å². The molecule has 106 valence electrons. The lowest BCUT2D eigenvalue weighted by atomic mass is 9.81. The van der Waals surface area contributed by atoms with Crippen LogP contribution in [-0.4, -0.2) is 12.2 Å². The number of methoxy groups -OCH3 is 1. The minimum Gasteiger partial charge on any atom is -0.496 e. The smallest absolute Gasteiger partial charge is 0.121 e. The standard InChI is InChI=1S/C15H14N4OS/c1-8-5-9(3-4-12(8)20-2)13-10(6-16)14(18)21-15(19)11(13)7-17/h3-5,10,13,18H,19H2,1-2H3/t10-,13-/m1/s1. The predicted molar refractivity (Wildman–Crippen MR) is 81.7 cm³/mol. The van der Waals surface area contributed by atoms with Crippen molar-refractivity contribution in [2.45, 2.75) is 12.8 Å². The number of nitrogens with zero attached hydrogens (tertiary/aromatic N) is 2. The third-order valence-corrected chi connectivity index (χ3v) is 4.36. The van der Waals surface area contributed by atoms with E-state index in [1.54, 1.807) is 13.2 Å². The van der Waals surface area contributed by atoms with Crippen LogP contribution >= 0.6 is 11.8 Å². The molecule has 0 spiro atoms. The molecule has 1 aliphatic rings. The van der Waals surface area contributed by atoms with E-state index in [1.807, 2.05) is 19.1 Å². The van der Waals surface area contributed by atoms with Crippen LogP contribution in [0.1, 0.15) is 17.0 Å². The number of rotatable bonds is 2. The second-order valence-corrected chi connectivity index (χ2v) is 5.75. The fourth-order valence-electron chi connectivity index (χ4n) is 2.42. The first kappa shape index (κ1) is 15.0. The second kappa shape index (κ2) is 5.90. The lowest BCUT2D eigenvalue weighted by molar-refractivity contribution is 0.411. The zero-order valence-electron chi connectivity index (χ0n) is 11.7. The number of benzene rings is 1. The van der Waals surface area contributed by atoms with Crippen LogP contribution in [0.5, 0.6) is 5.75 Å². The minimum atomic E-state index is -0.690. The molecule has 0 bridgehead atoms. The largest absolute Gasteiger partial charge is 0.496 e. The van der Waals surface area contributed by atoms with Gasteiger partial charge in [0, 0.05) is 5.92 Å². The van der Waals surface area contributed by atoms with Crippen LogP contribution in [0.2, 0.25) is 0 Å². The average molecular weight is 298 g/mol. The molecule has 0 aliphatic carbocycles. The van der Waals surface area contributed by atoms with Crippen molar-refractivity contribution in [3.05, 3.63) is 39.9 Å². The van der Waals surface area contributed by atoms with Gasteiger partial charge in [0.25, 0.3) is 0 Å². The van der Waals surface area contributed by atoms with E-state index in [0.717, 1.165) is 28.6 Å². The Balaban J connectivity index is 2.60. The van der Waals surface area contributed by atoms with E-state index in [4.69, 9.17) is 15.9 Å². The summed E-state index contributed by atoms with van der Waals surface area (Å²) in [6, 6.07) is 9.70. The van der Waals surface area contributed by atoms with Gasteiger partial charge in [-0.1, -0.05) is 23.9 Å². The highest BCUT2D eigenvalue weighted by molar-refractivity contribution is 8.17. The molecule has 0 aromatic heterocycles. The SMILES string of the molecule is COc1ccc([C@H]2C(C#N)=C(N)SC(=N)[C@@H]2C#N)cc1C. The molecule has 5 nitrogen and oxygen atoms in total. The summed E-state index contributed by atoms with van der Waals surface area (Å²) in [6.07, 6.45) is 0. The molecule has 2 rings (SSSR count).